The molecule has 132 valence electrons. The van der Waals surface area contributed by atoms with E-state index >= 15 is 0 Å². The van der Waals surface area contributed by atoms with Crippen LogP contribution in [0.4, 0.5) is 4.39 Å². The topological polar surface area (TPSA) is 69.6 Å². The van der Waals surface area contributed by atoms with Crippen LogP contribution in [0.2, 0.25) is 0 Å². The van der Waals surface area contributed by atoms with Gasteiger partial charge in [0.15, 0.2) is 0 Å². The summed E-state index contributed by atoms with van der Waals surface area (Å²) in [7, 11) is 3.39. The van der Waals surface area contributed by atoms with Crippen LogP contribution in [0.1, 0.15) is 23.2 Å². The monoisotopic (exact) mass is 344 g/mol. The van der Waals surface area contributed by atoms with E-state index in [9.17, 15) is 19.1 Å². The van der Waals surface area contributed by atoms with Crippen LogP contribution in [0, 0.1) is 5.82 Å². The number of nitrogens with one attached hydrogen (secondary N) is 1. The zero-order valence-corrected chi connectivity index (χ0v) is 14.3. The van der Waals surface area contributed by atoms with Crippen molar-refractivity contribution in [3.05, 3.63) is 53.8 Å². The van der Waals surface area contributed by atoms with Crippen molar-refractivity contribution < 1.29 is 19.1 Å². The first-order valence-corrected chi connectivity index (χ1v) is 7.96. The number of aromatic hydroxyl groups is 1. The summed E-state index contributed by atoms with van der Waals surface area (Å²) >= 11 is 0. The average Bonchev–Trinajstić information content (AvgIpc) is 2.58. The predicted molar refractivity (Wildman–Crippen MR) is 93.8 cm³/mol. The van der Waals surface area contributed by atoms with Gasteiger partial charge in [-0.1, -0.05) is 12.1 Å². The number of amides is 2. The summed E-state index contributed by atoms with van der Waals surface area (Å²) in [5.74, 6) is -0.863. The Morgan fingerprint density at radius 1 is 1.12 bits per heavy atom. The van der Waals surface area contributed by atoms with Crippen molar-refractivity contribution in [3.8, 4) is 16.9 Å². The van der Waals surface area contributed by atoms with Gasteiger partial charge in [0.1, 0.15) is 11.6 Å². The molecule has 2 aromatic rings. The van der Waals surface area contributed by atoms with Crippen molar-refractivity contribution in [2.45, 2.75) is 12.8 Å². The van der Waals surface area contributed by atoms with Crippen molar-refractivity contribution in [2.75, 3.05) is 20.6 Å². The maximum absolute atomic E-state index is 13.0. The third-order valence-corrected chi connectivity index (χ3v) is 3.77. The van der Waals surface area contributed by atoms with E-state index in [1.54, 1.807) is 38.4 Å². The summed E-state index contributed by atoms with van der Waals surface area (Å²) < 4.78 is 13.0. The van der Waals surface area contributed by atoms with E-state index in [4.69, 9.17) is 0 Å². The summed E-state index contributed by atoms with van der Waals surface area (Å²) in [5.41, 5.74) is 1.66. The number of benzene rings is 2. The van der Waals surface area contributed by atoms with Crippen molar-refractivity contribution in [1.82, 2.24) is 10.2 Å². The summed E-state index contributed by atoms with van der Waals surface area (Å²) in [6.45, 7) is 0.416. The van der Waals surface area contributed by atoms with Gasteiger partial charge in [0.25, 0.3) is 5.91 Å². The number of nitrogens with zero attached hydrogens (tertiary/aromatic N) is 1. The number of carbonyl (C=O) groups excluding carboxylic acids is 2. The summed E-state index contributed by atoms with van der Waals surface area (Å²) in [6.07, 6.45) is 0.959. The Labute approximate surface area is 146 Å². The number of phenolic OH excluding ortho intramolecular Hbond substituents is 1. The maximum atomic E-state index is 13.0. The Bertz CT molecular complexity index is 758. The highest BCUT2D eigenvalue weighted by molar-refractivity contribution is 5.94. The Morgan fingerprint density at radius 2 is 1.80 bits per heavy atom. The van der Waals surface area contributed by atoms with Crippen molar-refractivity contribution in [1.29, 1.82) is 0 Å². The van der Waals surface area contributed by atoms with Gasteiger partial charge in [0.05, 0.1) is 0 Å². The number of hydrogen-bond acceptors (Lipinski definition) is 3. The number of phenols is 1. The van der Waals surface area contributed by atoms with Crippen molar-refractivity contribution in [3.63, 3.8) is 0 Å². The minimum absolute atomic E-state index is 0.0257. The molecule has 0 spiro atoms. The van der Waals surface area contributed by atoms with Gasteiger partial charge in [0.2, 0.25) is 5.91 Å². The molecular formula is C19H21FN2O3. The normalized spacial score (nSPS) is 10.4. The minimum atomic E-state index is -0.509. The lowest BCUT2D eigenvalue weighted by Gasteiger charge is -2.10. The molecule has 25 heavy (non-hydrogen) atoms. The molecule has 6 heteroatoms. The molecule has 2 aromatic carbocycles. The van der Waals surface area contributed by atoms with Gasteiger partial charge in [-0.2, -0.15) is 0 Å². The lowest BCUT2D eigenvalue weighted by molar-refractivity contribution is -0.128. The molecular weight excluding hydrogens is 323 g/mol. The first-order chi connectivity index (χ1) is 11.9. The van der Waals surface area contributed by atoms with Gasteiger partial charge in [-0.25, -0.2) is 4.39 Å². The molecule has 0 aromatic heterocycles. The highest BCUT2D eigenvalue weighted by Gasteiger charge is 2.09. The second kappa shape index (κ2) is 8.28. The number of hydrogen-bond donors (Lipinski definition) is 2. The Morgan fingerprint density at radius 3 is 2.40 bits per heavy atom. The molecule has 0 aliphatic heterocycles. The molecule has 0 radical (unpaired) electrons. The second-order valence-electron chi connectivity index (χ2n) is 5.89. The molecule has 0 heterocycles. The molecule has 0 saturated carbocycles. The molecule has 2 rings (SSSR count). The van der Waals surface area contributed by atoms with E-state index in [1.807, 2.05) is 0 Å². The number of halogens is 1. The van der Waals surface area contributed by atoms with E-state index in [-0.39, 0.29) is 17.6 Å². The van der Waals surface area contributed by atoms with Crippen LogP contribution >= 0.6 is 0 Å². The van der Waals surface area contributed by atoms with Crippen LogP contribution in [-0.4, -0.2) is 42.5 Å². The molecule has 0 aliphatic rings. The largest absolute Gasteiger partial charge is 0.507 e. The van der Waals surface area contributed by atoms with Crippen LogP contribution in [0.25, 0.3) is 11.1 Å². The zero-order chi connectivity index (χ0) is 18.4. The highest BCUT2D eigenvalue weighted by Crippen LogP contribution is 2.29. The van der Waals surface area contributed by atoms with Crippen LogP contribution < -0.4 is 5.32 Å². The SMILES string of the molecule is CN(C)C(=O)CCCNC(=O)c1ccc(-c2ccc(F)cc2O)cc1. The molecule has 5 nitrogen and oxygen atoms in total. The van der Waals surface area contributed by atoms with E-state index in [2.05, 4.69) is 5.32 Å². The van der Waals surface area contributed by atoms with Crippen LogP contribution in [-0.2, 0) is 4.79 Å². The van der Waals surface area contributed by atoms with Gasteiger partial charge in [-0.15, -0.1) is 0 Å². The van der Waals surface area contributed by atoms with Gasteiger partial charge < -0.3 is 15.3 Å². The molecule has 2 amide bonds. The molecule has 2 N–H and O–H groups in total. The molecule has 0 aliphatic carbocycles. The van der Waals surface area contributed by atoms with Gasteiger partial charge in [-0.05, 0) is 36.2 Å². The molecule has 0 atom stereocenters. The van der Waals surface area contributed by atoms with E-state index in [1.165, 1.54) is 17.0 Å². The Kier molecular flexibility index (Phi) is 6.11. The fraction of sp³-hybridized carbons (Fsp3) is 0.263. The average molecular weight is 344 g/mol. The summed E-state index contributed by atoms with van der Waals surface area (Å²) in [6, 6.07) is 10.5. The fourth-order valence-corrected chi connectivity index (χ4v) is 2.32. The fourth-order valence-electron chi connectivity index (χ4n) is 2.32. The van der Waals surface area contributed by atoms with Crippen LogP contribution in [0.5, 0.6) is 5.75 Å². The minimum Gasteiger partial charge on any atom is -0.507 e. The second-order valence-corrected chi connectivity index (χ2v) is 5.89. The third kappa shape index (κ3) is 5.04. The van der Waals surface area contributed by atoms with E-state index < -0.39 is 5.82 Å². The van der Waals surface area contributed by atoms with E-state index in [0.717, 1.165) is 6.07 Å². The lowest BCUT2D eigenvalue weighted by atomic mass is 10.0. The van der Waals surface area contributed by atoms with Crippen LogP contribution in [0.15, 0.2) is 42.5 Å². The summed E-state index contributed by atoms with van der Waals surface area (Å²) in [4.78, 5) is 25.0. The Hall–Kier alpha value is -2.89. The first-order valence-electron chi connectivity index (χ1n) is 7.96. The van der Waals surface area contributed by atoms with Gasteiger partial charge >= 0.3 is 0 Å². The quantitative estimate of drug-likeness (QED) is 0.792. The zero-order valence-electron chi connectivity index (χ0n) is 14.3. The van der Waals surface area contributed by atoms with Crippen molar-refractivity contribution >= 4 is 11.8 Å². The van der Waals surface area contributed by atoms with Crippen LogP contribution in [0.3, 0.4) is 0 Å². The Balaban J connectivity index is 1.93. The smallest absolute Gasteiger partial charge is 0.251 e. The molecule has 0 unspecified atom stereocenters. The molecule has 0 fully saturated rings. The maximum Gasteiger partial charge on any atom is 0.251 e. The van der Waals surface area contributed by atoms with Crippen molar-refractivity contribution in [2.24, 2.45) is 0 Å². The highest BCUT2D eigenvalue weighted by atomic mass is 19.1. The lowest BCUT2D eigenvalue weighted by Crippen LogP contribution is -2.27. The number of carbonyl (C=O) groups is 2. The van der Waals surface area contributed by atoms with Gasteiger partial charge in [0, 0.05) is 44.3 Å². The molecule has 0 bridgehead atoms. The number of rotatable bonds is 6. The standard InChI is InChI=1S/C19H21FN2O3/c1-22(2)18(24)4-3-11-21-19(25)14-7-5-13(6-8-14)16-10-9-15(20)12-17(16)23/h5-10,12,23H,3-4,11H2,1-2H3,(H,21,25). The van der Waals surface area contributed by atoms with E-state index in [0.29, 0.717) is 36.1 Å². The third-order valence-electron chi connectivity index (χ3n) is 3.77. The molecule has 0 saturated heterocycles. The first kappa shape index (κ1) is 18.4. The van der Waals surface area contributed by atoms with Gasteiger partial charge in [-0.3, -0.25) is 9.59 Å². The predicted octanol–water partition coefficient (Wildman–Crippen LogP) is 2.80. The summed E-state index contributed by atoms with van der Waals surface area (Å²) in [5, 5.41) is 12.6.